The van der Waals surface area contributed by atoms with E-state index < -0.39 is 10.0 Å². The van der Waals surface area contributed by atoms with Crippen LogP contribution in [0.4, 0.5) is 0 Å². The lowest BCUT2D eigenvalue weighted by molar-refractivity contribution is 0.445. The summed E-state index contributed by atoms with van der Waals surface area (Å²) in [7, 11) is -1.38. The van der Waals surface area contributed by atoms with E-state index in [1.54, 1.807) is 7.05 Å². The molecule has 24 heavy (non-hydrogen) atoms. The van der Waals surface area contributed by atoms with Gasteiger partial charge < -0.3 is 10.6 Å². The Labute approximate surface area is 140 Å². The summed E-state index contributed by atoms with van der Waals surface area (Å²) in [5, 5.41) is 14.5. The average Bonchev–Trinajstić information content (AvgIpc) is 3.14. The SMILES string of the molecule is CN=C(NCCN1CCCS1(=O)=O)NCc1nnc2ccccn12. The van der Waals surface area contributed by atoms with Gasteiger partial charge in [-0.1, -0.05) is 6.07 Å². The molecule has 1 aliphatic heterocycles. The third-order valence-corrected chi connectivity index (χ3v) is 5.84. The molecule has 0 spiro atoms. The highest BCUT2D eigenvalue weighted by Crippen LogP contribution is 2.11. The topological polar surface area (TPSA) is 104 Å². The second-order valence-corrected chi connectivity index (χ2v) is 7.55. The fourth-order valence-electron chi connectivity index (χ4n) is 2.64. The van der Waals surface area contributed by atoms with Crippen LogP contribution in [0.25, 0.3) is 5.65 Å². The van der Waals surface area contributed by atoms with Crippen molar-refractivity contribution in [3.8, 4) is 0 Å². The molecule has 9 nitrogen and oxygen atoms in total. The van der Waals surface area contributed by atoms with Gasteiger partial charge in [0.25, 0.3) is 0 Å². The van der Waals surface area contributed by atoms with Gasteiger partial charge in [0.2, 0.25) is 10.0 Å². The van der Waals surface area contributed by atoms with Gasteiger partial charge in [0.15, 0.2) is 17.4 Å². The Balaban J connectivity index is 1.50. The molecule has 0 aromatic carbocycles. The van der Waals surface area contributed by atoms with Crippen LogP contribution in [-0.2, 0) is 16.6 Å². The number of aromatic nitrogens is 3. The highest BCUT2D eigenvalue weighted by atomic mass is 32.2. The van der Waals surface area contributed by atoms with Gasteiger partial charge in [-0.3, -0.25) is 9.39 Å². The van der Waals surface area contributed by atoms with E-state index in [9.17, 15) is 8.42 Å². The van der Waals surface area contributed by atoms with Crippen molar-refractivity contribution >= 4 is 21.6 Å². The fraction of sp³-hybridized carbons (Fsp3) is 0.500. The first-order chi connectivity index (χ1) is 11.6. The largest absolute Gasteiger partial charge is 0.355 e. The van der Waals surface area contributed by atoms with Gasteiger partial charge in [0, 0.05) is 32.9 Å². The van der Waals surface area contributed by atoms with Crippen LogP contribution in [0.2, 0.25) is 0 Å². The number of hydrogen-bond donors (Lipinski definition) is 2. The zero-order chi connectivity index (χ0) is 17.0. The van der Waals surface area contributed by atoms with Crippen LogP contribution in [-0.4, -0.2) is 65.7 Å². The van der Waals surface area contributed by atoms with E-state index >= 15 is 0 Å². The van der Waals surface area contributed by atoms with Crippen LogP contribution >= 0.6 is 0 Å². The molecule has 1 aliphatic rings. The summed E-state index contributed by atoms with van der Waals surface area (Å²) in [5.41, 5.74) is 0.788. The lowest BCUT2D eigenvalue weighted by Crippen LogP contribution is -2.41. The molecule has 3 heterocycles. The van der Waals surface area contributed by atoms with E-state index in [4.69, 9.17) is 0 Å². The summed E-state index contributed by atoms with van der Waals surface area (Å²) in [6, 6.07) is 5.72. The molecule has 0 saturated carbocycles. The summed E-state index contributed by atoms with van der Waals surface area (Å²) in [6.07, 6.45) is 2.61. The normalized spacial score (nSPS) is 18.1. The molecule has 2 aromatic rings. The van der Waals surface area contributed by atoms with E-state index in [-0.39, 0.29) is 5.75 Å². The van der Waals surface area contributed by atoms with Crippen molar-refractivity contribution in [3.05, 3.63) is 30.2 Å². The highest BCUT2D eigenvalue weighted by Gasteiger charge is 2.27. The van der Waals surface area contributed by atoms with Gasteiger partial charge in [-0.2, -0.15) is 0 Å². The Morgan fingerprint density at radius 2 is 2.21 bits per heavy atom. The number of guanidine groups is 1. The average molecular weight is 351 g/mol. The molecular weight excluding hydrogens is 330 g/mol. The first kappa shape index (κ1) is 16.7. The number of nitrogens with zero attached hydrogens (tertiary/aromatic N) is 5. The Kier molecular flexibility index (Phi) is 4.95. The van der Waals surface area contributed by atoms with Gasteiger partial charge in [0.1, 0.15) is 0 Å². The molecule has 0 unspecified atom stereocenters. The molecule has 0 aliphatic carbocycles. The summed E-state index contributed by atoms with van der Waals surface area (Å²) in [4.78, 5) is 4.14. The van der Waals surface area contributed by atoms with Crippen LogP contribution in [0.1, 0.15) is 12.2 Å². The zero-order valence-corrected chi connectivity index (χ0v) is 14.3. The van der Waals surface area contributed by atoms with Crippen molar-refractivity contribution in [2.45, 2.75) is 13.0 Å². The standard InChI is InChI=1S/C14H21N7O2S/c1-15-14(16-6-9-20-7-4-10-24(20,22)23)17-11-13-19-18-12-5-2-3-8-21(12)13/h2-3,5,8H,4,6-7,9-11H2,1H3,(H2,15,16,17). The Bertz CT molecular complexity index is 831. The summed E-state index contributed by atoms with van der Waals surface area (Å²) in [5.74, 6) is 1.62. The number of sulfonamides is 1. The molecule has 1 fully saturated rings. The first-order valence-corrected chi connectivity index (χ1v) is 9.42. The van der Waals surface area contributed by atoms with Crippen molar-refractivity contribution in [2.24, 2.45) is 4.99 Å². The lowest BCUT2D eigenvalue weighted by atomic mass is 10.4. The van der Waals surface area contributed by atoms with Gasteiger partial charge in [-0.15, -0.1) is 10.2 Å². The van der Waals surface area contributed by atoms with E-state index in [1.807, 2.05) is 28.8 Å². The molecule has 0 amide bonds. The zero-order valence-electron chi connectivity index (χ0n) is 13.5. The Morgan fingerprint density at radius 3 is 2.96 bits per heavy atom. The quantitative estimate of drug-likeness (QED) is 0.552. The van der Waals surface area contributed by atoms with Crippen molar-refractivity contribution in [1.29, 1.82) is 0 Å². The molecular formula is C14H21N7O2S. The number of hydrogen-bond acceptors (Lipinski definition) is 5. The number of fused-ring (bicyclic) bond motifs is 1. The minimum atomic E-state index is -3.05. The predicted molar refractivity (Wildman–Crippen MR) is 91.2 cm³/mol. The van der Waals surface area contributed by atoms with Crippen LogP contribution in [0.5, 0.6) is 0 Å². The van der Waals surface area contributed by atoms with Gasteiger partial charge in [-0.25, -0.2) is 12.7 Å². The second-order valence-electron chi connectivity index (χ2n) is 5.47. The third-order valence-electron chi connectivity index (χ3n) is 3.88. The predicted octanol–water partition coefficient (Wildman–Crippen LogP) is -0.570. The van der Waals surface area contributed by atoms with E-state index in [1.165, 1.54) is 4.31 Å². The van der Waals surface area contributed by atoms with Gasteiger partial charge >= 0.3 is 0 Å². The van der Waals surface area contributed by atoms with Crippen molar-refractivity contribution in [2.75, 3.05) is 32.4 Å². The van der Waals surface area contributed by atoms with E-state index in [2.05, 4.69) is 25.8 Å². The molecule has 3 rings (SSSR count). The van der Waals surface area contributed by atoms with E-state index in [0.717, 1.165) is 11.5 Å². The van der Waals surface area contributed by atoms with Gasteiger partial charge in [-0.05, 0) is 18.6 Å². The molecule has 0 radical (unpaired) electrons. The van der Waals surface area contributed by atoms with Gasteiger partial charge in [0.05, 0.1) is 12.3 Å². The molecule has 2 aromatic heterocycles. The van der Waals surface area contributed by atoms with E-state index in [0.29, 0.717) is 38.6 Å². The van der Waals surface area contributed by atoms with Crippen LogP contribution in [0, 0.1) is 0 Å². The van der Waals surface area contributed by atoms with Crippen LogP contribution in [0.15, 0.2) is 29.4 Å². The van der Waals surface area contributed by atoms with Crippen molar-refractivity contribution in [1.82, 2.24) is 29.5 Å². The molecule has 0 atom stereocenters. The number of rotatable bonds is 5. The lowest BCUT2D eigenvalue weighted by Gasteiger charge is -2.16. The molecule has 2 N–H and O–H groups in total. The number of aliphatic imine (C=N–C) groups is 1. The minimum Gasteiger partial charge on any atom is -0.355 e. The maximum Gasteiger partial charge on any atom is 0.214 e. The highest BCUT2D eigenvalue weighted by molar-refractivity contribution is 7.89. The molecule has 10 heteroatoms. The van der Waals surface area contributed by atoms with Crippen LogP contribution < -0.4 is 10.6 Å². The fourth-order valence-corrected chi connectivity index (χ4v) is 4.17. The van der Waals surface area contributed by atoms with Crippen molar-refractivity contribution < 1.29 is 8.42 Å². The monoisotopic (exact) mass is 351 g/mol. The van der Waals surface area contributed by atoms with Crippen molar-refractivity contribution in [3.63, 3.8) is 0 Å². The smallest absolute Gasteiger partial charge is 0.214 e. The third kappa shape index (κ3) is 3.65. The second kappa shape index (κ2) is 7.14. The summed E-state index contributed by atoms with van der Waals surface area (Å²) in [6.45, 7) is 2.00. The Morgan fingerprint density at radius 1 is 1.33 bits per heavy atom. The molecule has 0 bridgehead atoms. The first-order valence-electron chi connectivity index (χ1n) is 7.81. The Hall–Kier alpha value is -2.20. The number of nitrogens with one attached hydrogen (secondary N) is 2. The summed E-state index contributed by atoms with van der Waals surface area (Å²) >= 11 is 0. The number of pyridine rings is 1. The summed E-state index contributed by atoms with van der Waals surface area (Å²) < 4.78 is 26.9. The molecule has 130 valence electrons. The molecule has 1 saturated heterocycles. The minimum absolute atomic E-state index is 0.250. The van der Waals surface area contributed by atoms with Crippen LogP contribution in [0.3, 0.4) is 0 Å². The maximum atomic E-state index is 11.7. The maximum absolute atomic E-state index is 11.7.